The zero-order valence-corrected chi connectivity index (χ0v) is 13.3. The van der Waals surface area contributed by atoms with Gasteiger partial charge in [0.1, 0.15) is 0 Å². The van der Waals surface area contributed by atoms with Crippen LogP contribution in [0.4, 0.5) is 0 Å². The Labute approximate surface area is 150 Å². The summed E-state index contributed by atoms with van der Waals surface area (Å²) < 4.78 is 0. The molecule has 2 rings (SSSR count). The topological polar surface area (TPSA) is 243 Å². The molecule has 0 heterocycles. The van der Waals surface area contributed by atoms with Gasteiger partial charge in [0.15, 0.2) is 0 Å². The Bertz CT molecular complexity index is 427. The molecule has 0 aromatic heterocycles. The lowest BCUT2D eigenvalue weighted by atomic mass is 10.2. The minimum Gasteiger partial charge on any atom is -0.402 e. The molecule has 0 aromatic carbocycles. The van der Waals surface area contributed by atoms with Crippen LogP contribution in [0, 0.1) is 0 Å². The van der Waals surface area contributed by atoms with Crippen molar-refractivity contribution in [3.63, 3.8) is 0 Å². The number of rotatable bonds is 0. The fraction of sp³-hybridized carbons (Fsp3) is 0. The summed E-state index contributed by atoms with van der Waals surface area (Å²) in [5, 5.41) is 86.0. The quantitative estimate of drug-likeness (QED) is 0.193. The molecule has 12 N–H and O–H groups in total. The zero-order chi connectivity index (χ0) is 21.1. The van der Waals surface area contributed by atoms with Gasteiger partial charge in [-0.2, -0.15) is 0 Å². The second kappa shape index (κ2) is 19.8. The number of hydrogen-bond acceptors (Lipinski definition) is 12. The van der Waals surface area contributed by atoms with E-state index in [9.17, 15) is 0 Å². The highest BCUT2D eigenvalue weighted by Gasteiger charge is 1.95. The first kappa shape index (κ1) is 29.3. The fourth-order valence-electron chi connectivity index (χ4n) is 1.13. The van der Waals surface area contributed by atoms with Gasteiger partial charge in [-0.05, 0) is 11.1 Å². The van der Waals surface area contributed by atoms with E-state index in [0.29, 0.717) is 0 Å². The van der Waals surface area contributed by atoms with Crippen LogP contribution >= 0.6 is 0 Å². The predicted molar refractivity (Wildman–Crippen MR) is 92.7 cm³/mol. The van der Waals surface area contributed by atoms with E-state index in [1.807, 2.05) is 6.07 Å². The lowest BCUT2D eigenvalue weighted by molar-refractivity contribution is 0.276. The molecule has 144 valence electrons. The lowest BCUT2D eigenvalue weighted by Gasteiger charge is -1.85. The third kappa shape index (κ3) is 38.2. The molecular weight excluding hydrogens is 355 g/mol. The van der Waals surface area contributed by atoms with E-state index in [2.05, 4.69) is 42.5 Å². The molecule has 2 aliphatic rings. The van der Waals surface area contributed by atoms with Crippen LogP contribution in [0.5, 0.6) is 0 Å². The summed E-state index contributed by atoms with van der Waals surface area (Å²) in [6.45, 7) is 0. The van der Waals surface area contributed by atoms with Gasteiger partial charge in [0.2, 0.25) is 0 Å². The maximum atomic E-state index is 7.17. The highest BCUT2D eigenvalue weighted by atomic mass is 16.5. The molecule has 0 amide bonds. The third-order valence-corrected chi connectivity index (χ3v) is 1.66. The van der Waals surface area contributed by atoms with Crippen LogP contribution in [0.2, 0.25) is 0 Å². The number of fused-ring (bicyclic) bond motifs is 1. The van der Waals surface area contributed by atoms with Gasteiger partial charge >= 0.3 is 29.3 Å². The predicted octanol–water partition coefficient (Wildman–Crippen LogP) is -5.42. The molecule has 0 radical (unpaired) electrons. The molecular formula is C10H20B4O12. The molecule has 0 unspecified atom stereocenters. The highest BCUT2D eigenvalue weighted by Crippen LogP contribution is 2.19. The van der Waals surface area contributed by atoms with Crippen molar-refractivity contribution >= 4 is 29.3 Å². The molecule has 0 atom stereocenters. The molecule has 0 saturated heterocycles. The highest BCUT2D eigenvalue weighted by molar-refractivity contribution is 6.31. The molecule has 26 heavy (non-hydrogen) atoms. The molecule has 0 saturated carbocycles. The van der Waals surface area contributed by atoms with Crippen LogP contribution in [-0.4, -0.2) is 89.6 Å². The average Bonchev–Trinajstić information content (AvgIpc) is 2.73. The molecule has 2 aliphatic carbocycles. The summed E-state index contributed by atoms with van der Waals surface area (Å²) in [4.78, 5) is 0. The standard InChI is InChI=1S/C10H8.4BH3O3/c1-2-5-9-7-4-8-10(9)6-3-1;4*2-1(3)4/h1-8H;4*2-4H. The van der Waals surface area contributed by atoms with E-state index in [0.717, 1.165) is 0 Å². The average molecular weight is 376 g/mol. The van der Waals surface area contributed by atoms with Gasteiger partial charge in [0, 0.05) is 0 Å². The summed E-state index contributed by atoms with van der Waals surface area (Å²) in [6, 6.07) is 16.7. The van der Waals surface area contributed by atoms with E-state index >= 15 is 0 Å². The Balaban J connectivity index is -0.000000284. The van der Waals surface area contributed by atoms with Crippen molar-refractivity contribution in [1.82, 2.24) is 0 Å². The van der Waals surface area contributed by atoms with E-state index in [4.69, 9.17) is 60.3 Å². The first-order chi connectivity index (χ1) is 11.9. The maximum Gasteiger partial charge on any atom is 0.631 e. The van der Waals surface area contributed by atoms with Crippen molar-refractivity contribution in [2.45, 2.75) is 0 Å². The van der Waals surface area contributed by atoms with Gasteiger partial charge in [-0.25, -0.2) is 0 Å². The monoisotopic (exact) mass is 376 g/mol. The van der Waals surface area contributed by atoms with E-state index in [1.54, 1.807) is 0 Å². The Morgan fingerprint density at radius 2 is 0.538 bits per heavy atom. The summed E-state index contributed by atoms with van der Waals surface area (Å²) in [7, 11) is -8.67. The Kier molecular flexibility index (Phi) is 22.3. The Hall–Kier alpha value is -1.52. The summed E-state index contributed by atoms with van der Waals surface area (Å²) in [5.74, 6) is 0. The molecule has 16 heteroatoms. The van der Waals surface area contributed by atoms with Gasteiger partial charge < -0.3 is 60.3 Å². The van der Waals surface area contributed by atoms with Crippen molar-refractivity contribution in [1.29, 1.82) is 0 Å². The first-order valence-corrected chi connectivity index (χ1v) is 6.50. The van der Waals surface area contributed by atoms with Crippen LogP contribution in [0.15, 0.2) is 48.5 Å². The first-order valence-electron chi connectivity index (χ1n) is 6.50. The maximum absolute atomic E-state index is 7.17. The van der Waals surface area contributed by atoms with Crippen molar-refractivity contribution < 1.29 is 60.3 Å². The van der Waals surface area contributed by atoms with Crippen LogP contribution in [-0.2, 0) is 0 Å². The fourth-order valence-corrected chi connectivity index (χ4v) is 1.13. The smallest absolute Gasteiger partial charge is 0.402 e. The number of hydrogen-bond donors (Lipinski definition) is 12. The van der Waals surface area contributed by atoms with Gasteiger partial charge in [0.05, 0.1) is 0 Å². The summed E-state index contributed by atoms with van der Waals surface area (Å²) in [6.07, 6.45) is 0. The normalized spacial score (nSPS) is 8.00. The van der Waals surface area contributed by atoms with E-state index in [-0.39, 0.29) is 0 Å². The van der Waals surface area contributed by atoms with Gasteiger partial charge in [-0.1, -0.05) is 48.5 Å². The molecule has 0 fully saturated rings. The minimum absolute atomic E-state index is 1.31. The van der Waals surface area contributed by atoms with E-state index in [1.165, 1.54) is 11.1 Å². The lowest BCUT2D eigenvalue weighted by Crippen LogP contribution is -2.07. The summed E-state index contributed by atoms with van der Waals surface area (Å²) in [5.41, 5.74) is 2.62. The second-order valence-corrected chi connectivity index (χ2v) is 3.73. The zero-order valence-electron chi connectivity index (χ0n) is 13.3. The third-order valence-electron chi connectivity index (χ3n) is 1.66. The molecule has 0 spiro atoms. The van der Waals surface area contributed by atoms with E-state index < -0.39 is 29.3 Å². The van der Waals surface area contributed by atoms with Crippen LogP contribution in [0.3, 0.4) is 0 Å². The molecule has 0 aromatic rings. The summed E-state index contributed by atoms with van der Waals surface area (Å²) >= 11 is 0. The van der Waals surface area contributed by atoms with Crippen molar-refractivity contribution in [3.05, 3.63) is 48.5 Å². The molecule has 0 aliphatic heterocycles. The minimum atomic E-state index is -2.17. The van der Waals surface area contributed by atoms with Gasteiger partial charge in [-0.3, -0.25) is 0 Å². The van der Waals surface area contributed by atoms with Crippen LogP contribution in [0.25, 0.3) is 11.1 Å². The van der Waals surface area contributed by atoms with Gasteiger partial charge in [0.25, 0.3) is 0 Å². The molecule has 0 bridgehead atoms. The van der Waals surface area contributed by atoms with Crippen molar-refractivity contribution in [2.24, 2.45) is 0 Å². The van der Waals surface area contributed by atoms with Crippen molar-refractivity contribution in [3.8, 4) is 11.1 Å². The molecule has 12 nitrogen and oxygen atoms in total. The largest absolute Gasteiger partial charge is 0.631 e. The van der Waals surface area contributed by atoms with Crippen LogP contribution in [0.1, 0.15) is 0 Å². The van der Waals surface area contributed by atoms with Crippen LogP contribution < -0.4 is 0 Å². The Morgan fingerprint density at radius 1 is 0.346 bits per heavy atom. The van der Waals surface area contributed by atoms with Gasteiger partial charge in [-0.15, -0.1) is 0 Å². The van der Waals surface area contributed by atoms with Crippen molar-refractivity contribution in [2.75, 3.05) is 0 Å². The second-order valence-electron chi connectivity index (χ2n) is 3.73. The Morgan fingerprint density at radius 3 is 0.769 bits per heavy atom. The SMILES string of the molecule is OB(O)O.OB(O)O.OB(O)O.OB(O)O.c1ccc2cccc-2cc1.